The van der Waals surface area contributed by atoms with Crippen molar-refractivity contribution >= 4 is 34.1 Å². The number of hydrogen-bond donors (Lipinski definition) is 2. The van der Waals surface area contributed by atoms with Gasteiger partial charge >= 0.3 is 0 Å². The van der Waals surface area contributed by atoms with E-state index in [-0.39, 0.29) is 23.9 Å². The highest BCUT2D eigenvalue weighted by molar-refractivity contribution is 6.13. The highest BCUT2D eigenvalue weighted by Gasteiger charge is 2.31. The molecule has 178 valence electrons. The summed E-state index contributed by atoms with van der Waals surface area (Å²) in [5, 5.41) is 16.7. The highest BCUT2D eigenvalue weighted by Crippen LogP contribution is 2.28. The zero-order valence-electron chi connectivity index (χ0n) is 19.5. The van der Waals surface area contributed by atoms with Gasteiger partial charge in [0.15, 0.2) is 0 Å². The van der Waals surface area contributed by atoms with E-state index in [1.807, 2.05) is 54.6 Å². The van der Waals surface area contributed by atoms with Crippen LogP contribution in [0.2, 0.25) is 0 Å². The van der Waals surface area contributed by atoms with Crippen LogP contribution in [0.15, 0.2) is 60.8 Å². The monoisotopic (exact) mass is 468 g/mol. The Balaban J connectivity index is 1.26. The van der Waals surface area contributed by atoms with Crippen molar-refractivity contribution in [1.29, 1.82) is 5.26 Å². The van der Waals surface area contributed by atoms with Gasteiger partial charge in [0.05, 0.1) is 23.7 Å². The van der Waals surface area contributed by atoms with E-state index in [9.17, 15) is 14.9 Å². The van der Waals surface area contributed by atoms with Crippen molar-refractivity contribution in [2.24, 2.45) is 0 Å². The molecule has 2 aromatic carbocycles. The number of carbonyl (C=O) groups excluding carboxylic acids is 2. The van der Waals surface area contributed by atoms with Crippen LogP contribution in [0.4, 0.5) is 11.4 Å². The molecule has 1 unspecified atom stereocenters. The van der Waals surface area contributed by atoms with Crippen molar-refractivity contribution in [3.05, 3.63) is 66.4 Å². The minimum atomic E-state index is -0.282. The van der Waals surface area contributed by atoms with E-state index in [4.69, 9.17) is 0 Å². The summed E-state index contributed by atoms with van der Waals surface area (Å²) in [6.07, 6.45) is 4.27. The molecule has 8 heteroatoms. The van der Waals surface area contributed by atoms with Crippen LogP contribution >= 0.6 is 0 Å². The summed E-state index contributed by atoms with van der Waals surface area (Å²) >= 11 is 0. The van der Waals surface area contributed by atoms with Gasteiger partial charge in [-0.15, -0.1) is 0 Å². The molecule has 2 fully saturated rings. The lowest BCUT2D eigenvalue weighted by Gasteiger charge is -2.23. The molecular formula is C27H28N6O2. The zero-order valence-corrected chi connectivity index (χ0v) is 19.5. The summed E-state index contributed by atoms with van der Waals surface area (Å²) in [7, 11) is 0. The van der Waals surface area contributed by atoms with Gasteiger partial charge in [0.25, 0.3) is 5.91 Å². The number of likely N-dealkylation sites (tertiary alicyclic amines) is 2. The Hall–Kier alpha value is -3.96. The van der Waals surface area contributed by atoms with Crippen molar-refractivity contribution in [3.8, 4) is 6.07 Å². The van der Waals surface area contributed by atoms with Gasteiger partial charge in [-0.2, -0.15) is 5.26 Å². The van der Waals surface area contributed by atoms with Gasteiger partial charge in [0.2, 0.25) is 5.91 Å². The highest BCUT2D eigenvalue weighted by atomic mass is 16.2. The van der Waals surface area contributed by atoms with E-state index in [0.29, 0.717) is 24.2 Å². The number of carbonyl (C=O) groups is 2. The number of nitrogens with zero attached hydrogens (tertiary/aromatic N) is 4. The van der Waals surface area contributed by atoms with E-state index < -0.39 is 0 Å². The molecule has 2 aliphatic rings. The molecule has 0 saturated carbocycles. The van der Waals surface area contributed by atoms with Crippen LogP contribution < -0.4 is 10.6 Å². The van der Waals surface area contributed by atoms with E-state index in [1.54, 1.807) is 11.1 Å². The van der Waals surface area contributed by atoms with Gasteiger partial charge in [-0.05, 0) is 55.7 Å². The maximum absolute atomic E-state index is 12.9. The number of amides is 2. The largest absolute Gasteiger partial charge is 0.380 e. The fourth-order valence-electron chi connectivity index (χ4n) is 5.00. The van der Waals surface area contributed by atoms with Gasteiger partial charge in [0, 0.05) is 48.6 Å². The number of rotatable bonds is 6. The summed E-state index contributed by atoms with van der Waals surface area (Å²) in [5.41, 5.74) is 2.82. The molecule has 2 N–H and O–H groups in total. The first-order valence-electron chi connectivity index (χ1n) is 12.0. The van der Waals surface area contributed by atoms with Crippen LogP contribution in [-0.2, 0) is 4.79 Å². The summed E-state index contributed by atoms with van der Waals surface area (Å²) in [6.45, 7) is 2.59. The Morgan fingerprint density at radius 2 is 1.91 bits per heavy atom. The second-order valence-electron chi connectivity index (χ2n) is 9.12. The Morgan fingerprint density at radius 3 is 2.74 bits per heavy atom. The van der Waals surface area contributed by atoms with Crippen molar-refractivity contribution in [3.63, 3.8) is 0 Å². The number of nitriles is 1. The predicted octanol–water partition coefficient (Wildman–Crippen LogP) is 3.49. The third-order valence-corrected chi connectivity index (χ3v) is 6.76. The number of fused-ring (bicyclic) bond motifs is 1. The lowest BCUT2D eigenvalue weighted by molar-refractivity contribution is -0.132. The van der Waals surface area contributed by atoms with Crippen LogP contribution in [0.1, 0.15) is 29.6 Å². The summed E-state index contributed by atoms with van der Waals surface area (Å²) in [6, 6.07) is 19.1. The minimum absolute atomic E-state index is 0.0399. The lowest BCUT2D eigenvalue weighted by atomic mass is 10.1. The van der Waals surface area contributed by atoms with Crippen molar-refractivity contribution < 1.29 is 9.59 Å². The molecule has 5 rings (SSSR count). The molecule has 1 aromatic heterocycles. The quantitative estimate of drug-likeness (QED) is 0.574. The molecule has 0 radical (unpaired) electrons. The predicted molar refractivity (Wildman–Crippen MR) is 135 cm³/mol. The number of para-hydroxylation sites is 1. The normalized spacial score (nSPS) is 20.0. The Bertz CT molecular complexity index is 1270. The molecule has 2 atom stereocenters. The topological polar surface area (TPSA) is 101 Å². The molecule has 3 heterocycles. The van der Waals surface area contributed by atoms with Gasteiger partial charge in [-0.3, -0.25) is 19.5 Å². The SMILES string of the molecule is N#CC1CCCN1C(=O)CN1CC[C@H](Nc2ccc(C(=O)Nc3ccccc3)c3ncccc23)C1. The second-order valence-corrected chi connectivity index (χ2v) is 9.12. The van der Waals surface area contributed by atoms with Crippen LogP contribution in [0.25, 0.3) is 10.9 Å². The lowest BCUT2D eigenvalue weighted by Crippen LogP contribution is -2.42. The second kappa shape index (κ2) is 10.1. The van der Waals surface area contributed by atoms with Crippen molar-refractivity contribution in [2.75, 3.05) is 36.8 Å². The third-order valence-electron chi connectivity index (χ3n) is 6.76. The Labute approximate surface area is 204 Å². The molecular weight excluding hydrogens is 440 g/mol. The fourth-order valence-corrected chi connectivity index (χ4v) is 5.00. The van der Waals surface area contributed by atoms with E-state index in [0.717, 1.165) is 49.1 Å². The molecule has 2 saturated heterocycles. The van der Waals surface area contributed by atoms with Crippen LogP contribution in [-0.4, -0.2) is 64.9 Å². The Kier molecular flexibility index (Phi) is 6.59. The smallest absolute Gasteiger partial charge is 0.257 e. The average Bonchev–Trinajstić information content (AvgIpc) is 3.54. The number of aromatic nitrogens is 1. The number of benzene rings is 2. The summed E-state index contributed by atoms with van der Waals surface area (Å²) in [4.78, 5) is 34.0. The van der Waals surface area contributed by atoms with E-state index in [1.165, 1.54) is 0 Å². The molecule has 35 heavy (non-hydrogen) atoms. The van der Waals surface area contributed by atoms with Crippen LogP contribution in [0.3, 0.4) is 0 Å². The number of hydrogen-bond acceptors (Lipinski definition) is 6. The molecule has 2 aliphatic heterocycles. The first-order chi connectivity index (χ1) is 17.1. The number of anilines is 2. The van der Waals surface area contributed by atoms with Crippen molar-refractivity contribution in [2.45, 2.75) is 31.3 Å². The molecule has 8 nitrogen and oxygen atoms in total. The van der Waals surface area contributed by atoms with Gasteiger partial charge in [0.1, 0.15) is 6.04 Å². The maximum Gasteiger partial charge on any atom is 0.257 e. The first kappa shape index (κ1) is 22.8. The maximum atomic E-state index is 12.9. The van der Waals surface area contributed by atoms with Gasteiger partial charge < -0.3 is 15.5 Å². The fraction of sp³-hybridized carbons (Fsp3) is 0.333. The first-order valence-corrected chi connectivity index (χ1v) is 12.0. The molecule has 0 spiro atoms. The van der Waals surface area contributed by atoms with Gasteiger partial charge in [-0.1, -0.05) is 18.2 Å². The summed E-state index contributed by atoms with van der Waals surface area (Å²) < 4.78 is 0. The molecule has 2 amide bonds. The minimum Gasteiger partial charge on any atom is -0.380 e. The number of pyridine rings is 1. The van der Waals surface area contributed by atoms with E-state index in [2.05, 4.69) is 26.6 Å². The molecule has 3 aromatic rings. The van der Waals surface area contributed by atoms with E-state index >= 15 is 0 Å². The number of nitrogens with one attached hydrogen (secondary N) is 2. The average molecular weight is 469 g/mol. The molecule has 0 aliphatic carbocycles. The molecule has 0 bridgehead atoms. The van der Waals surface area contributed by atoms with Gasteiger partial charge in [-0.25, -0.2) is 0 Å². The van der Waals surface area contributed by atoms with Crippen LogP contribution in [0, 0.1) is 11.3 Å². The third kappa shape index (κ3) is 4.96. The zero-order chi connectivity index (χ0) is 24.2. The standard InChI is InChI=1S/C27H28N6O2/c28-16-21-8-5-14-33(21)25(34)18-32-15-12-20(17-32)30-24-11-10-23(26-22(24)9-4-13-29-26)27(35)31-19-6-2-1-3-7-19/h1-4,6-7,9-11,13,20-21,30H,5,8,12,14-15,17-18H2,(H,31,35)/t20-,21?/m0/s1. The summed E-state index contributed by atoms with van der Waals surface area (Å²) in [5.74, 6) is -0.160. The van der Waals surface area contributed by atoms with Crippen molar-refractivity contribution in [1.82, 2.24) is 14.8 Å². The Morgan fingerprint density at radius 1 is 1.06 bits per heavy atom. The van der Waals surface area contributed by atoms with Crippen LogP contribution in [0.5, 0.6) is 0 Å².